The summed E-state index contributed by atoms with van der Waals surface area (Å²) >= 11 is 0. The molecule has 2 nitrogen and oxygen atoms in total. The predicted octanol–water partition coefficient (Wildman–Crippen LogP) is 2.28. The summed E-state index contributed by atoms with van der Waals surface area (Å²) in [6, 6.07) is 8.28. The Labute approximate surface area is 102 Å². The number of allylic oxidation sites excluding steroid dienone is 4. The van der Waals surface area contributed by atoms with Gasteiger partial charge in [0.2, 0.25) is 0 Å². The number of hydrogen-bond donors (Lipinski definition) is 2. The van der Waals surface area contributed by atoms with Gasteiger partial charge in [-0.25, -0.2) is 0 Å². The van der Waals surface area contributed by atoms with Crippen LogP contribution in [0.5, 0.6) is 0 Å². The Morgan fingerprint density at radius 3 is 2.53 bits per heavy atom. The molecule has 0 amide bonds. The molecule has 0 bridgehead atoms. The second-order valence-corrected chi connectivity index (χ2v) is 4.48. The summed E-state index contributed by atoms with van der Waals surface area (Å²) in [5.41, 5.74) is 9.44. The first kappa shape index (κ1) is 12.1. The predicted molar refractivity (Wildman–Crippen MR) is 71.6 cm³/mol. The first-order valence-corrected chi connectivity index (χ1v) is 6.12. The minimum absolute atomic E-state index is 0.0373. The van der Waals surface area contributed by atoms with Crippen LogP contribution < -0.4 is 5.73 Å². The maximum absolute atomic E-state index is 8.91. The molecular formula is C15H19NO. The summed E-state index contributed by atoms with van der Waals surface area (Å²) in [6.07, 6.45) is 9.67. The lowest BCUT2D eigenvalue weighted by Gasteiger charge is -2.10. The first-order chi connectivity index (χ1) is 8.29. The van der Waals surface area contributed by atoms with Crippen LogP contribution in [0.1, 0.15) is 24.0 Å². The summed E-state index contributed by atoms with van der Waals surface area (Å²) in [4.78, 5) is 0. The molecule has 0 aliphatic heterocycles. The molecule has 1 unspecified atom stereocenters. The smallest absolute Gasteiger partial charge is 0.0585 e. The van der Waals surface area contributed by atoms with Crippen molar-refractivity contribution in [2.45, 2.75) is 25.3 Å². The Morgan fingerprint density at radius 1 is 1.18 bits per heavy atom. The lowest BCUT2D eigenvalue weighted by Crippen LogP contribution is -2.26. The summed E-state index contributed by atoms with van der Waals surface area (Å²) in [5.74, 6) is 0. The Hall–Kier alpha value is -1.38. The topological polar surface area (TPSA) is 46.2 Å². The van der Waals surface area contributed by atoms with Crippen molar-refractivity contribution in [1.29, 1.82) is 0 Å². The van der Waals surface area contributed by atoms with Gasteiger partial charge in [-0.3, -0.25) is 0 Å². The van der Waals surface area contributed by atoms with Crippen LogP contribution in [-0.2, 0) is 6.42 Å². The van der Waals surface area contributed by atoms with Gasteiger partial charge in [-0.1, -0.05) is 42.5 Å². The first-order valence-electron chi connectivity index (χ1n) is 6.12. The normalized spacial score (nSPS) is 16.7. The molecule has 0 radical (unpaired) electrons. The molecule has 1 aromatic rings. The van der Waals surface area contributed by atoms with Crippen molar-refractivity contribution in [1.82, 2.24) is 0 Å². The summed E-state index contributed by atoms with van der Waals surface area (Å²) in [6.45, 7) is 0.0373. The van der Waals surface area contributed by atoms with Crippen molar-refractivity contribution in [3.8, 4) is 0 Å². The summed E-state index contributed by atoms with van der Waals surface area (Å²) in [7, 11) is 0. The third kappa shape index (κ3) is 3.29. The zero-order valence-electron chi connectivity index (χ0n) is 9.97. The summed E-state index contributed by atoms with van der Waals surface area (Å²) < 4.78 is 0. The number of aliphatic hydroxyl groups is 1. The van der Waals surface area contributed by atoms with E-state index in [1.165, 1.54) is 16.7 Å². The van der Waals surface area contributed by atoms with Crippen molar-refractivity contribution in [2.24, 2.45) is 5.73 Å². The summed E-state index contributed by atoms with van der Waals surface area (Å²) in [5, 5.41) is 8.91. The molecule has 3 N–H and O–H groups in total. The largest absolute Gasteiger partial charge is 0.395 e. The molecule has 2 heteroatoms. The fourth-order valence-corrected chi connectivity index (χ4v) is 2.03. The second-order valence-electron chi connectivity index (χ2n) is 4.48. The van der Waals surface area contributed by atoms with Gasteiger partial charge >= 0.3 is 0 Å². The lowest BCUT2D eigenvalue weighted by atomic mass is 9.97. The third-order valence-electron chi connectivity index (χ3n) is 3.01. The van der Waals surface area contributed by atoms with E-state index in [4.69, 9.17) is 10.8 Å². The van der Waals surface area contributed by atoms with Crippen LogP contribution in [0, 0.1) is 0 Å². The van der Waals surface area contributed by atoms with Crippen LogP contribution in [-0.4, -0.2) is 17.8 Å². The van der Waals surface area contributed by atoms with Gasteiger partial charge < -0.3 is 10.8 Å². The zero-order chi connectivity index (χ0) is 12.1. The Morgan fingerprint density at radius 2 is 1.94 bits per heavy atom. The Kier molecular flexibility index (Phi) is 4.13. The molecule has 1 aliphatic rings. The van der Waals surface area contributed by atoms with Crippen LogP contribution >= 0.6 is 0 Å². The van der Waals surface area contributed by atoms with E-state index in [-0.39, 0.29) is 12.6 Å². The minimum Gasteiger partial charge on any atom is -0.395 e. The van der Waals surface area contributed by atoms with Gasteiger partial charge in [-0.2, -0.15) is 0 Å². The van der Waals surface area contributed by atoms with E-state index in [2.05, 4.69) is 42.5 Å². The average Bonchev–Trinajstić information content (AvgIpc) is 2.40. The highest BCUT2D eigenvalue weighted by atomic mass is 16.3. The van der Waals surface area contributed by atoms with Crippen LogP contribution in [0.2, 0.25) is 0 Å². The fourth-order valence-electron chi connectivity index (χ4n) is 2.03. The molecule has 0 heterocycles. The highest BCUT2D eigenvalue weighted by Gasteiger charge is 2.04. The minimum atomic E-state index is -0.158. The molecule has 1 aromatic carbocycles. The molecule has 0 saturated heterocycles. The molecular weight excluding hydrogens is 210 g/mol. The van der Waals surface area contributed by atoms with E-state index < -0.39 is 0 Å². The second kappa shape index (κ2) is 5.80. The van der Waals surface area contributed by atoms with E-state index in [9.17, 15) is 0 Å². The number of nitrogens with two attached hydrogens (primary N) is 1. The molecule has 1 aliphatic carbocycles. The number of benzene rings is 1. The quantitative estimate of drug-likeness (QED) is 0.832. The third-order valence-corrected chi connectivity index (χ3v) is 3.01. The fraction of sp³-hybridized carbons (Fsp3) is 0.333. The molecule has 0 aromatic heterocycles. The van der Waals surface area contributed by atoms with Gasteiger partial charge in [0.25, 0.3) is 0 Å². The number of rotatable bonds is 4. The maximum Gasteiger partial charge on any atom is 0.0585 e. The van der Waals surface area contributed by atoms with E-state index in [0.717, 1.165) is 19.3 Å². The molecule has 0 saturated carbocycles. The maximum atomic E-state index is 8.91. The van der Waals surface area contributed by atoms with E-state index >= 15 is 0 Å². The highest BCUT2D eigenvalue weighted by molar-refractivity contribution is 5.74. The monoisotopic (exact) mass is 229 g/mol. The van der Waals surface area contributed by atoms with E-state index in [0.29, 0.717) is 0 Å². The van der Waals surface area contributed by atoms with Gasteiger partial charge in [-0.15, -0.1) is 0 Å². The molecule has 90 valence electrons. The van der Waals surface area contributed by atoms with Gasteiger partial charge in [0, 0.05) is 6.04 Å². The Bertz CT molecular complexity index is 417. The van der Waals surface area contributed by atoms with Crippen molar-refractivity contribution >= 4 is 5.57 Å². The van der Waals surface area contributed by atoms with E-state index in [1.54, 1.807) is 0 Å². The number of aliphatic hydroxyl groups excluding tert-OH is 1. The highest BCUT2D eigenvalue weighted by Crippen LogP contribution is 2.21. The van der Waals surface area contributed by atoms with Gasteiger partial charge in [0.1, 0.15) is 0 Å². The molecule has 17 heavy (non-hydrogen) atoms. The lowest BCUT2D eigenvalue weighted by molar-refractivity contribution is 0.265. The van der Waals surface area contributed by atoms with Crippen LogP contribution in [0.25, 0.3) is 5.57 Å². The average molecular weight is 229 g/mol. The van der Waals surface area contributed by atoms with Crippen molar-refractivity contribution in [2.75, 3.05) is 6.61 Å². The number of hydrogen-bond acceptors (Lipinski definition) is 2. The van der Waals surface area contributed by atoms with Crippen LogP contribution in [0.4, 0.5) is 0 Å². The van der Waals surface area contributed by atoms with Crippen molar-refractivity contribution < 1.29 is 5.11 Å². The molecule has 2 rings (SSSR count). The zero-order valence-corrected chi connectivity index (χ0v) is 9.97. The van der Waals surface area contributed by atoms with Gasteiger partial charge in [-0.05, 0) is 36.0 Å². The van der Waals surface area contributed by atoms with Crippen LogP contribution in [0.15, 0.2) is 42.5 Å². The molecule has 0 spiro atoms. The molecule has 0 fully saturated rings. The SMILES string of the molecule is NC(CO)Cc1ccc(C2=CCCC=C2)cc1. The van der Waals surface area contributed by atoms with Gasteiger partial charge in [0.05, 0.1) is 6.61 Å². The van der Waals surface area contributed by atoms with Crippen molar-refractivity contribution in [3.63, 3.8) is 0 Å². The Balaban J connectivity index is 2.07. The van der Waals surface area contributed by atoms with E-state index in [1.807, 2.05) is 0 Å². The molecule has 1 atom stereocenters. The van der Waals surface area contributed by atoms with Crippen molar-refractivity contribution in [3.05, 3.63) is 53.6 Å². The standard InChI is InChI=1S/C15H19NO/c16-15(11-17)10-12-6-8-14(9-7-12)13-4-2-1-3-5-13/h2,4-9,15,17H,1,3,10-11,16H2. The van der Waals surface area contributed by atoms with Gasteiger partial charge in [0.15, 0.2) is 0 Å². The van der Waals surface area contributed by atoms with Crippen LogP contribution in [0.3, 0.4) is 0 Å².